The molecule has 0 unspecified atom stereocenters. The normalized spacial score (nSPS) is 25.6. The van der Waals surface area contributed by atoms with Crippen LogP contribution in [0.15, 0.2) is 16.7 Å². The minimum absolute atomic E-state index is 0.0110. The van der Waals surface area contributed by atoms with Crippen molar-refractivity contribution in [1.82, 2.24) is 15.0 Å². The van der Waals surface area contributed by atoms with Crippen LogP contribution in [0.5, 0.6) is 0 Å². The Balaban J connectivity index is 1.68. The summed E-state index contributed by atoms with van der Waals surface area (Å²) in [6, 6.07) is 0.0110. The van der Waals surface area contributed by atoms with Gasteiger partial charge >= 0.3 is 0 Å². The molecule has 0 radical (unpaired) electrons. The smallest absolute Gasteiger partial charge is 0.226 e. The summed E-state index contributed by atoms with van der Waals surface area (Å²) >= 11 is 0. The number of carbonyl (C=O) groups is 1. The molecule has 3 rings (SSSR count). The lowest BCUT2D eigenvalue weighted by molar-refractivity contribution is -0.133. The molecule has 1 aliphatic heterocycles. The van der Waals surface area contributed by atoms with Crippen LogP contribution in [0.2, 0.25) is 0 Å². The monoisotopic (exact) mass is 275 g/mol. The van der Waals surface area contributed by atoms with Gasteiger partial charge in [0.05, 0.1) is 6.04 Å². The van der Waals surface area contributed by atoms with Crippen molar-refractivity contribution < 1.29 is 9.32 Å². The second-order valence-corrected chi connectivity index (χ2v) is 5.61. The summed E-state index contributed by atoms with van der Waals surface area (Å²) in [5.74, 6) is 1.97. The van der Waals surface area contributed by atoms with Crippen molar-refractivity contribution in [3.8, 4) is 0 Å². The number of allylic oxidation sites excluding steroid dienone is 2. The average Bonchev–Trinajstić information content (AvgIpc) is 3.19. The van der Waals surface area contributed by atoms with E-state index in [1.807, 2.05) is 11.8 Å². The first-order chi connectivity index (χ1) is 9.78. The number of likely N-dealkylation sites (tertiary alicyclic amines) is 1. The number of hydrogen-bond donors (Lipinski definition) is 0. The molecule has 5 nitrogen and oxygen atoms in total. The molecule has 0 N–H and O–H groups in total. The first kappa shape index (κ1) is 13.3. The van der Waals surface area contributed by atoms with E-state index in [4.69, 9.17) is 4.52 Å². The van der Waals surface area contributed by atoms with Gasteiger partial charge in [-0.1, -0.05) is 24.2 Å². The highest BCUT2D eigenvalue weighted by atomic mass is 16.5. The molecule has 1 saturated heterocycles. The van der Waals surface area contributed by atoms with Crippen LogP contribution in [-0.4, -0.2) is 27.5 Å². The fourth-order valence-electron chi connectivity index (χ4n) is 3.09. The lowest BCUT2D eigenvalue weighted by atomic mass is 10.0. The van der Waals surface area contributed by atoms with E-state index in [0.717, 1.165) is 38.6 Å². The average molecular weight is 275 g/mol. The number of hydrogen-bond acceptors (Lipinski definition) is 4. The third-order valence-corrected chi connectivity index (χ3v) is 4.21. The summed E-state index contributed by atoms with van der Waals surface area (Å²) in [6.45, 7) is 2.80. The van der Waals surface area contributed by atoms with Crippen LogP contribution in [0.25, 0.3) is 0 Å². The summed E-state index contributed by atoms with van der Waals surface area (Å²) in [4.78, 5) is 18.8. The van der Waals surface area contributed by atoms with Gasteiger partial charge in [-0.2, -0.15) is 4.98 Å². The molecule has 0 spiro atoms. The highest BCUT2D eigenvalue weighted by Crippen LogP contribution is 2.32. The fraction of sp³-hybridized carbons (Fsp3) is 0.667. The second kappa shape index (κ2) is 5.77. The van der Waals surface area contributed by atoms with Crippen LogP contribution in [0.4, 0.5) is 0 Å². The van der Waals surface area contributed by atoms with Crippen LogP contribution >= 0.6 is 0 Å². The van der Waals surface area contributed by atoms with Crippen molar-refractivity contribution in [3.63, 3.8) is 0 Å². The van der Waals surface area contributed by atoms with E-state index < -0.39 is 0 Å². The van der Waals surface area contributed by atoms with Crippen LogP contribution in [0.3, 0.4) is 0 Å². The predicted molar refractivity (Wildman–Crippen MR) is 73.8 cm³/mol. The quantitative estimate of drug-likeness (QED) is 0.793. The van der Waals surface area contributed by atoms with Crippen molar-refractivity contribution in [1.29, 1.82) is 0 Å². The lowest BCUT2D eigenvalue weighted by Gasteiger charge is -2.23. The number of carbonyl (C=O) groups excluding carboxylic acids is 1. The van der Waals surface area contributed by atoms with Gasteiger partial charge in [0.1, 0.15) is 0 Å². The molecular weight excluding hydrogens is 254 g/mol. The largest absolute Gasteiger partial charge is 0.339 e. The van der Waals surface area contributed by atoms with Gasteiger partial charge in [-0.15, -0.1) is 0 Å². The van der Waals surface area contributed by atoms with E-state index in [-0.39, 0.29) is 11.9 Å². The minimum Gasteiger partial charge on any atom is -0.339 e. The van der Waals surface area contributed by atoms with Crippen LogP contribution < -0.4 is 0 Å². The molecule has 0 saturated carbocycles. The first-order valence-electron chi connectivity index (χ1n) is 7.56. The zero-order valence-electron chi connectivity index (χ0n) is 11.9. The third kappa shape index (κ3) is 2.62. The molecule has 1 aromatic rings. The Morgan fingerprint density at radius 2 is 2.40 bits per heavy atom. The highest BCUT2D eigenvalue weighted by molar-refractivity contribution is 5.77. The second-order valence-electron chi connectivity index (χ2n) is 5.61. The molecule has 0 aromatic carbocycles. The van der Waals surface area contributed by atoms with Gasteiger partial charge < -0.3 is 9.42 Å². The molecule has 2 atom stereocenters. The van der Waals surface area contributed by atoms with E-state index in [0.29, 0.717) is 24.1 Å². The molecule has 1 aromatic heterocycles. The zero-order valence-corrected chi connectivity index (χ0v) is 11.9. The molecular formula is C15H21N3O2. The molecule has 1 fully saturated rings. The van der Waals surface area contributed by atoms with Crippen LogP contribution in [0.1, 0.15) is 56.8 Å². The molecule has 20 heavy (non-hydrogen) atoms. The van der Waals surface area contributed by atoms with E-state index >= 15 is 0 Å². The molecule has 0 bridgehead atoms. The number of nitrogens with zero attached hydrogens (tertiary/aromatic N) is 3. The maximum Gasteiger partial charge on any atom is 0.226 e. The van der Waals surface area contributed by atoms with Crippen molar-refractivity contribution in [2.75, 3.05) is 6.54 Å². The van der Waals surface area contributed by atoms with E-state index in [1.54, 1.807) is 0 Å². The summed E-state index contributed by atoms with van der Waals surface area (Å²) in [6.07, 6.45) is 9.87. The van der Waals surface area contributed by atoms with Crippen molar-refractivity contribution in [3.05, 3.63) is 23.9 Å². The van der Waals surface area contributed by atoms with Crippen LogP contribution in [0, 0.1) is 5.92 Å². The zero-order chi connectivity index (χ0) is 13.9. The van der Waals surface area contributed by atoms with Gasteiger partial charge in [0.25, 0.3) is 0 Å². The number of aryl methyl sites for hydroxylation is 1. The van der Waals surface area contributed by atoms with Gasteiger partial charge in [0, 0.05) is 19.4 Å². The number of amides is 1. The fourth-order valence-corrected chi connectivity index (χ4v) is 3.09. The van der Waals surface area contributed by atoms with Gasteiger partial charge in [-0.05, 0) is 31.6 Å². The third-order valence-electron chi connectivity index (χ3n) is 4.21. The Bertz CT molecular complexity index is 509. The summed E-state index contributed by atoms with van der Waals surface area (Å²) in [5.41, 5.74) is 0. The molecule has 5 heteroatoms. The van der Waals surface area contributed by atoms with Gasteiger partial charge in [0.2, 0.25) is 11.8 Å². The Kier molecular flexibility index (Phi) is 3.85. The van der Waals surface area contributed by atoms with Gasteiger partial charge in [0.15, 0.2) is 5.82 Å². The van der Waals surface area contributed by atoms with Crippen molar-refractivity contribution in [2.24, 2.45) is 5.92 Å². The molecule has 1 aliphatic carbocycles. The topological polar surface area (TPSA) is 59.2 Å². The minimum atomic E-state index is 0.0110. The van der Waals surface area contributed by atoms with Crippen molar-refractivity contribution >= 4 is 5.91 Å². The standard InChI is InChI=1S/C15H21N3O2/c1-2-13-16-15(17-20-13)12-8-5-9-18(12)14(19)10-11-6-3-4-7-11/h3,6,11-12H,2,4-5,7-10H2,1H3/t11-,12-/m0/s1. The van der Waals surface area contributed by atoms with Gasteiger partial charge in [-0.3, -0.25) is 4.79 Å². The lowest BCUT2D eigenvalue weighted by Crippen LogP contribution is -2.32. The summed E-state index contributed by atoms with van der Waals surface area (Å²) < 4.78 is 5.18. The maximum absolute atomic E-state index is 12.5. The summed E-state index contributed by atoms with van der Waals surface area (Å²) in [7, 11) is 0. The number of rotatable bonds is 4. The molecule has 108 valence electrons. The Morgan fingerprint density at radius 3 is 3.10 bits per heavy atom. The van der Waals surface area contributed by atoms with E-state index in [2.05, 4.69) is 22.3 Å². The SMILES string of the molecule is CCc1nc([C@@H]2CCCN2C(=O)C[C@H]2C=CCC2)no1. The molecule has 2 aliphatic rings. The van der Waals surface area contributed by atoms with Gasteiger partial charge in [-0.25, -0.2) is 0 Å². The first-order valence-corrected chi connectivity index (χ1v) is 7.56. The van der Waals surface area contributed by atoms with Crippen LogP contribution in [-0.2, 0) is 11.2 Å². The Morgan fingerprint density at radius 1 is 1.50 bits per heavy atom. The van der Waals surface area contributed by atoms with Crippen molar-refractivity contribution in [2.45, 2.75) is 51.5 Å². The van der Waals surface area contributed by atoms with E-state index in [1.165, 1.54) is 0 Å². The predicted octanol–water partition coefficient (Wildman–Crippen LogP) is 2.65. The number of aromatic nitrogens is 2. The maximum atomic E-state index is 12.5. The Hall–Kier alpha value is -1.65. The van der Waals surface area contributed by atoms with E-state index in [9.17, 15) is 4.79 Å². The highest BCUT2D eigenvalue weighted by Gasteiger charge is 2.33. The summed E-state index contributed by atoms with van der Waals surface area (Å²) in [5, 5.41) is 4.04. The molecule has 2 heterocycles. The molecule has 1 amide bonds. The Labute approximate surface area is 119 Å².